The summed E-state index contributed by atoms with van der Waals surface area (Å²) < 4.78 is 5.75. The number of likely N-dealkylation sites (tertiary alicyclic amines) is 1. The van der Waals surface area contributed by atoms with Gasteiger partial charge in [-0.15, -0.1) is 11.3 Å². The van der Waals surface area contributed by atoms with Crippen LogP contribution in [0.3, 0.4) is 0 Å². The van der Waals surface area contributed by atoms with E-state index in [1.54, 1.807) is 0 Å². The van der Waals surface area contributed by atoms with Gasteiger partial charge >= 0.3 is 0 Å². The quantitative estimate of drug-likeness (QED) is 0.878. The predicted molar refractivity (Wildman–Crippen MR) is 102 cm³/mol. The summed E-state index contributed by atoms with van der Waals surface area (Å²) in [4.78, 5) is 19.4. The van der Waals surface area contributed by atoms with Crippen LogP contribution in [0, 0.1) is 5.92 Å². The maximum atomic E-state index is 12.5. The van der Waals surface area contributed by atoms with Gasteiger partial charge in [0.1, 0.15) is 0 Å². The van der Waals surface area contributed by atoms with Crippen LogP contribution in [-0.2, 0) is 11.2 Å². The summed E-state index contributed by atoms with van der Waals surface area (Å²) in [6.07, 6.45) is 6.75. The fourth-order valence-electron chi connectivity index (χ4n) is 3.91. The standard InChI is InChI=1S/C20H25N3O2S/c24-20(19-2-1-11-26-19)23-9-5-17(6-10-23)22-18-14-25-13-16(18)12-15-3-7-21-8-4-15/h1-4,7-8,11,16-18,22H,5-6,9-10,12-14H2/t16-,18-/m1/s1. The van der Waals surface area contributed by atoms with Crippen LogP contribution in [0.15, 0.2) is 42.0 Å². The van der Waals surface area contributed by atoms with Gasteiger partial charge in [-0.25, -0.2) is 0 Å². The molecule has 4 heterocycles. The summed E-state index contributed by atoms with van der Waals surface area (Å²) in [6, 6.07) is 8.89. The highest BCUT2D eigenvalue weighted by Crippen LogP contribution is 2.22. The minimum absolute atomic E-state index is 0.179. The zero-order valence-corrected chi connectivity index (χ0v) is 15.7. The van der Waals surface area contributed by atoms with Crippen molar-refractivity contribution in [1.29, 1.82) is 0 Å². The van der Waals surface area contributed by atoms with Crippen LogP contribution < -0.4 is 5.32 Å². The van der Waals surface area contributed by atoms with E-state index in [9.17, 15) is 4.79 Å². The molecular weight excluding hydrogens is 346 g/mol. The van der Waals surface area contributed by atoms with E-state index in [1.807, 2.05) is 34.8 Å². The summed E-state index contributed by atoms with van der Waals surface area (Å²) >= 11 is 1.52. The molecule has 2 saturated heterocycles. The van der Waals surface area contributed by atoms with Gasteiger partial charge in [0.15, 0.2) is 0 Å². The number of nitrogens with zero attached hydrogens (tertiary/aromatic N) is 2. The Balaban J connectivity index is 1.28. The van der Waals surface area contributed by atoms with Crippen molar-refractivity contribution < 1.29 is 9.53 Å². The van der Waals surface area contributed by atoms with Crippen molar-refractivity contribution in [3.63, 3.8) is 0 Å². The molecule has 2 fully saturated rings. The molecular formula is C20H25N3O2S. The summed E-state index contributed by atoms with van der Waals surface area (Å²) in [5.74, 6) is 0.682. The lowest BCUT2D eigenvalue weighted by Gasteiger charge is -2.34. The first-order valence-electron chi connectivity index (χ1n) is 9.35. The molecule has 2 aliphatic heterocycles. The van der Waals surface area contributed by atoms with Gasteiger partial charge in [0.25, 0.3) is 5.91 Å². The summed E-state index contributed by atoms with van der Waals surface area (Å²) in [5.41, 5.74) is 1.32. The van der Waals surface area contributed by atoms with Crippen molar-refractivity contribution in [2.24, 2.45) is 5.92 Å². The molecule has 138 valence electrons. The fourth-order valence-corrected chi connectivity index (χ4v) is 4.60. The second kappa shape index (κ2) is 8.29. The van der Waals surface area contributed by atoms with E-state index in [4.69, 9.17) is 4.74 Å². The van der Waals surface area contributed by atoms with Crippen molar-refractivity contribution in [1.82, 2.24) is 15.2 Å². The molecule has 0 saturated carbocycles. The number of hydrogen-bond acceptors (Lipinski definition) is 5. The number of pyridine rings is 1. The Morgan fingerprint density at radius 2 is 2.04 bits per heavy atom. The molecule has 4 rings (SSSR count). The molecule has 0 aromatic carbocycles. The lowest BCUT2D eigenvalue weighted by Crippen LogP contribution is -2.49. The first kappa shape index (κ1) is 17.6. The zero-order chi connectivity index (χ0) is 17.8. The van der Waals surface area contributed by atoms with Crippen LogP contribution in [-0.4, -0.2) is 54.2 Å². The number of piperidine rings is 1. The highest BCUT2D eigenvalue weighted by Gasteiger charge is 2.32. The van der Waals surface area contributed by atoms with E-state index >= 15 is 0 Å². The van der Waals surface area contributed by atoms with Crippen LogP contribution in [0.25, 0.3) is 0 Å². The number of ether oxygens (including phenoxy) is 1. The molecule has 1 N–H and O–H groups in total. The lowest BCUT2D eigenvalue weighted by atomic mass is 9.93. The maximum Gasteiger partial charge on any atom is 0.263 e. The van der Waals surface area contributed by atoms with Crippen LogP contribution >= 0.6 is 11.3 Å². The number of hydrogen-bond donors (Lipinski definition) is 1. The number of thiophene rings is 1. The summed E-state index contributed by atoms with van der Waals surface area (Å²) in [6.45, 7) is 3.26. The Labute approximate surface area is 158 Å². The molecule has 1 amide bonds. The van der Waals surface area contributed by atoms with Gasteiger partial charge in [0.05, 0.1) is 18.1 Å². The van der Waals surface area contributed by atoms with Crippen molar-refractivity contribution in [3.05, 3.63) is 52.5 Å². The van der Waals surface area contributed by atoms with Crippen LogP contribution in [0.1, 0.15) is 28.1 Å². The highest BCUT2D eigenvalue weighted by molar-refractivity contribution is 7.12. The highest BCUT2D eigenvalue weighted by atomic mass is 32.1. The van der Waals surface area contributed by atoms with E-state index in [-0.39, 0.29) is 5.91 Å². The van der Waals surface area contributed by atoms with Crippen LogP contribution in [0.2, 0.25) is 0 Å². The fraction of sp³-hybridized carbons (Fsp3) is 0.500. The van der Waals surface area contributed by atoms with Gasteiger partial charge in [-0.1, -0.05) is 6.07 Å². The van der Waals surface area contributed by atoms with Crippen LogP contribution in [0.5, 0.6) is 0 Å². The number of amides is 1. The number of carbonyl (C=O) groups excluding carboxylic acids is 1. The Bertz CT molecular complexity index is 699. The summed E-state index contributed by atoms with van der Waals surface area (Å²) in [5, 5.41) is 5.77. The summed E-state index contributed by atoms with van der Waals surface area (Å²) in [7, 11) is 0. The van der Waals surface area contributed by atoms with Gasteiger partial charge in [-0.3, -0.25) is 9.78 Å². The predicted octanol–water partition coefficient (Wildman–Crippen LogP) is 2.60. The second-order valence-electron chi connectivity index (χ2n) is 7.17. The van der Waals surface area contributed by atoms with Gasteiger partial charge < -0.3 is 15.0 Å². The largest absolute Gasteiger partial charge is 0.379 e. The van der Waals surface area contributed by atoms with Crippen LogP contribution in [0.4, 0.5) is 0 Å². The number of aromatic nitrogens is 1. The molecule has 5 nitrogen and oxygen atoms in total. The third-order valence-electron chi connectivity index (χ3n) is 5.41. The van der Waals surface area contributed by atoms with Crippen molar-refractivity contribution >= 4 is 17.2 Å². The molecule has 2 aliphatic rings. The monoisotopic (exact) mass is 371 g/mol. The Morgan fingerprint density at radius 1 is 1.23 bits per heavy atom. The third kappa shape index (κ3) is 4.14. The molecule has 0 spiro atoms. The minimum atomic E-state index is 0.179. The molecule has 0 bridgehead atoms. The number of nitrogens with one attached hydrogen (secondary N) is 1. The third-order valence-corrected chi connectivity index (χ3v) is 6.27. The van der Waals surface area contributed by atoms with E-state index in [0.29, 0.717) is 18.0 Å². The molecule has 0 radical (unpaired) electrons. The second-order valence-corrected chi connectivity index (χ2v) is 8.12. The molecule has 26 heavy (non-hydrogen) atoms. The minimum Gasteiger partial charge on any atom is -0.379 e. The smallest absolute Gasteiger partial charge is 0.263 e. The average Bonchev–Trinajstić information content (AvgIpc) is 3.35. The Morgan fingerprint density at radius 3 is 2.77 bits per heavy atom. The average molecular weight is 372 g/mol. The normalized spacial score (nSPS) is 24.1. The van der Waals surface area contributed by atoms with Crippen molar-refractivity contribution in [3.8, 4) is 0 Å². The molecule has 6 heteroatoms. The molecule has 2 aromatic rings. The topological polar surface area (TPSA) is 54.5 Å². The molecule has 2 aromatic heterocycles. The SMILES string of the molecule is O=C(c1cccs1)N1CCC(N[C@@H]2COC[C@H]2Cc2ccncc2)CC1. The van der Waals surface area contributed by atoms with Crippen molar-refractivity contribution in [2.75, 3.05) is 26.3 Å². The van der Waals surface area contributed by atoms with E-state index in [2.05, 4.69) is 22.4 Å². The number of rotatable bonds is 5. The first-order valence-corrected chi connectivity index (χ1v) is 10.2. The van der Waals surface area contributed by atoms with Gasteiger partial charge in [-0.2, -0.15) is 0 Å². The maximum absolute atomic E-state index is 12.5. The van der Waals surface area contributed by atoms with Gasteiger partial charge in [-0.05, 0) is 48.4 Å². The van der Waals surface area contributed by atoms with Crippen molar-refractivity contribution in [2.45, 2.75) is 31.3 Å². The Kier molecular flexibility index (Phi) is 5.62. The van der Waals surface area contributed by atoms with E-state index in [1.165, 1.54) is 16.9 Å². The van der Waals surface area contributed by atoms with Gasteiger partial charge in [0, 0.05) is 43.5 Å². The van der Waals surface area contributed by atoms with E-state index in [0.717, 1.165) is 50.4 Å². The van der Waals surface area contributed by atoms with E-state index < -0.39 is 0 Å². The molecule has 0 aliphatic carbocycles. The lowest BCUT2D eigenvalue weighted by molar-refractivity contribution is 0.0704. The molecule has 2 atom stereocenters. The number of carbonyl (C=O) groups is 1. The van der Waals surface area contributed by atoms with Gasteiger partial charge in [0.2, 0.25) is 0 Å². The Hall–Kier alpha value is -1.76. The molecule has 0 unspecified atom stereocenters. The zero-order valence-electron chi connectivity index (χ0n) is 14.8. The first-order chi connectivity index (χ1) is 12.8.